The van der Waals surface area contributed by atoms with Crippen LogP contribution >= 0.6 is 0 Å². The molecule has 0 spiro atoms. The normalized spacial score (nSPS) is 14.4. The Kier molecular flexibility index (Phi) is 3.97. The van der Waals surface area contributed by atoms with Crippen molar-refractivity contribution in [3.63, 3.8) is 0 Å². The van der Waals surface area contributed by atoms with Crippen molar-refractivity contribution in [3.05, 3.63) is 71.9 Å². The van der Waals surface area contributed by atoms with Gasteiger partial charge in [0, 0.05) is 25.7 Å². The minimum atomic E-state index is -0.296. The standard InChI is InChI=1S/C22H20FN5O/c1-14-24-18-5-3-4-6-20(18)28(14)17-12-27(13-17)22(29)21-11-19(25-26(21)2)15-7-9-16(23)10-8-15/h3-11,17H,12-13H2,1-2H3. The van der Waals surface area contributed by atoms with Crippen LogP contribution in [0.1, 0.15) is 22.4 Å². The molecular weight excluding hydrogens is 369 g/mol. The lowest BCUT2D eigenvalue weighted by atomic mass is 10.1. The second-order valence-corrected chi connectivity index (χ2v) is 7.43. The number of halogens is 1. The molecular formula is C22H20FN5O. The van der Waals surface area contributed by atoms with Crippen molar-refractivity contribution in [1.82, 2.24) is 24.2 Å². The van der Waals surface area contributed by atoms with Gasteiger partial charge in [0.15, 0.2) is 0 Å². The van der Waals surface area contributed by atoms with Crippen molar-refractivity contribution in [2.75, 3.05) is 13.1 Å². The van der Waals surface area contributed by atoms with Crippen LogP contribution in [0.3, 0.4) is 0 Å². The van der Waals surface area contributed by atoms with Crippen LogP contribution in [0.5, 0.6) is 0 Å². The molecule has 1 aliphatic rings. The number of fused-ring (bicyclic) bond motifs is 1. The summed E-state index contributed by atoms with van der Waals surface area (Å²) in [6, 6.07) is 16.2. The molecule has 0 aliphatic carbocycles. The van der Waals surface area contributed by atoms with Crippen LogP contribution in [0.2, 0.25) is 0 Å². The zero-order valence-corrected chi connectivity index (χ0v) is 16.2. The van der Waals surface area contributed by atoms with E-state index in [0.29, 0.717) is 24.5 Å². The molecule has 0 bridgehead atoms. The van der Waals surface area contributed by atoms with Gasteiger partial charge in [0.2, 0.25) is 0 Å². The number of hydrogen-bond acceptors (Lipinski definition) is 3. The Hall–Kier alpha value is -3.48. The number of carbonyl (C=O) groups is 1. The van der Waals surface area contributed by atoms with Crippen LogP contribution in [-0.2, 0) is 7.05 Å². The summed E-state index contributed by atoms with van der Waals surface area (Å²) in [5.74, 6) is 0.615. The maximum Gasteiger partial charge on any atom is 0.272 e. The summed E-state index contributed by atoms with van der Waals surface area (Å²) in [6.45, 7) is 3.27. The summed E-state index contributed by atoms with van der Waals surface area (Å²) in [5.41, 5.74) is 4.04. The Morgan fingerprint density at radius 3 is 2.59 bits per heavy atom. The second kappa shape index (κ2) is 6.55. The molecule has 0 unspecified atom stereocenters. The minimum absolute atomic E-state index is 0.0494. The third-order valence-electron chi connectivity index (χ3n) is 5.53. The number of nitrogens with zero attached hydrogens (tertiary/aromatic N) is 5. The van der Waals surface area contributed by atoms with E-state index in [1.165, 1.54) is 12.1 Å². The van der Waals surface area contributed by atoms with E-state index in [-0.39, 0.29) is 17.8 Å². The molecule has 2 aromatic carbocycles. The summed E-state index contributed by atoms with van der Waals surface area (Å²) in [7, 11) is 1.76. The molecule has 0 N–H and O–H groups in total. The summed E-state index contributed by atoms with van der Waals surface area (Å²) < 4.78 is 17.0. The molecule has 29 heavy (non-hydrogen) atoms. The number of aryl methyl sites for hydroxylation is 2. The Bertz CT molecular complexity index is 1220. The first-order valence-corrected chi connectivity index (χ1v) is 9.54. The first-order chi connectivity index (χ1) is 14.0. The number of hydrogen-bond donors (Lipinski definition) is 0. The Labute approximate surface area is 167 Å². The number of amides is 1. The third-order valence-corrected chi connectivity index (χ3v) is 5.53. The van der Waals surface area contributed by atoms with Crippen molar-refractivity contribution >= 4 is 16.9 Å². The van der Waals surface area contributed by atoms with Gasteiger partial charge in [-0.1, -0.05) is 12.1 Å². The van der Waals surface area contributed by atoms with Crippen molar-refractivity contribution in [2.45, 2.75) is 13.0 Å². The van der Waals surface area contributed by atoms with Gasteiger partial charge in [-0.25, -0.2) is 9.37 Å². The Morgan fingerprint density at radius 1 is 1.10 bits per heavy atom. The summed E-state index contributed by atoms with van der Waals surface area (Å²) in [4.78, 5) is 19.4. The molecule has 1 saturated heterocycles. The Morgan fingerprint density at radius 2 is 1.83 bits per heavy atom. The third kappa shape index (κ3) is 2.90. The second-order valence-electron chi connectivity index (χ2n) is 7.43. The lowest BCUT2D eigenvalue weighted by Gasteiger charge is -2.40. The average molecular weight is 389 g/mol. The SMILES string of the molecule is Cc1nc2ccccc2n1C1CN(C(=O)c2cc(-c3ccc(F)cc3)nn2C)C1. The highest BCUT2D eigenvalue weighted by Crippen LogP contribution is 2.29. The van der Waals surface area contributed by atoms with Crippen LogP contribution in [0.4, 0.5) is 4.39 Å². The van der Waals surface area contributed by atoms with Gasteiger partial charge < -0.3 is 9.47 Å². The largest absolute Gasteiger partial charge is 0.333 e. The van der Waals surface area contributed by atoms with E-state index >= 15 is 0 Å². The highest BCUT2D eigenvalue weighted by Gasteiger charge is 2.35. The highest BCUT2D eigenvalue weighted by atomic mass is 19.1. The molecule has 4 aromatic rings. The molecule has 1 aliphatic heterocycles. The van der Waals surface area contributed by atoms with Gasteiger partial charge in [0.25, 0.3) is 5.91 Å². The van der Waals surface area contributed by atoms with Gasteiger partial charge in [0.1, 0.15) is 17.3 Å². The molecule has 3 heterocycles. The van der Waals surface area contributed by atoms with Crippen LogP contribution in [0.25, 0.3) is 22.3 Å². The predicted molar refractivity (Wildman–Crippen MR) is 108 cm³/mol. The molecule has 146 valence electrons. The van der Waals surface area contributed by atoms with E-state index in [9.17, 15) is 9.18 Å². The predicted octanol–water partition coefficient (Wildman–Crippen LogP) is 3.58. The van der Waals surface area contributed by atoms with E-state index in [1.807, 2.05) is 30.0 Å². The lowest BCUT2D eigenvalue weighted by Crippen LogP contribution is -2.51. The van der Waals surface area contributed by atoms with Crippen LogP contribution in [0, 0.1) is 12.7 Å². The number of likely N-dealkylation sites (tertiary alicyclic amines) is 1. The highest BCUT2D eigenvalue weighted by molar-refractivity contribution is 5.94. The molecule has 0 saturated carbocycles. The van der Waals surface area contributed by atoms with Gasteiger partial charge in [-0.15, -0.1) is 0 Å². The summed E-state index contributed by atoms with van der Waals surface area (Å²) in [6.07, 6.45) is 0. The van der Waals surface area contributed by atoms with Crippen molar-refractivity contribution in [3.8, 4) is 11.3 Å². The maximum absolute atomic E-state index is 13.2. The first kappa shape index (κ1) is 17.6. The quantitative estimate of drug-likeness (QED) is 0.538. The summed E-state index contributed by atoms with van der Waals surface area (Å²) in [5, 5.41) is 4.43. The average Bonchev–Trinajstić information content (AvgIpc) is 3.21. The molecule has 1 amide bonds. The molecule has 1 fully saturated rings. The molecule has 7 heteroatoms. The molecule has 0 radical (unpaired) electrons. The fourth-order valence-electron chi connectivity index (χ4n) is 4.00. The fraction of sp³-hybridized carbons (Fsp3) is 0.227. The number of aromatic nitrogens is 4. The molecule has 5 rings (SSSR count). The van der Waals surface area contributed by atoms with Gasteiger partial charge >= 0.3 is 0 Å². The lowest BCUT2D eigenvalue weighted by molar-refractivity contribution is 0.0512. The maximum atomic E-state index is 13.2. The number of carbonyl (C=O) groups excluding carboxylic acids is 1. The minimum Gasteiger partial charge on any atom is -0.333 e. The van der Waals surface area contributed by atoms with Gasteiger partial charge in [-0.3, -0.25) is 9.48 Å². The van der Waals surface area contributed by atoms with Crippen LogP contribution in [-0.4, -0.2) is 43.2 Å². The zero-order valence-electron chi connectivity index (χ0n) is 16.2. The monoisotopic (exact) mass is 389 g/mol. The summed E-state index contributed by atoms with van der Waals surface area (Å²) >= 11 is 0. The van der Waals surface area contributed by atoms with E-state index in [0.717, 1.165) is 22.4 Å². The number of rotatable bonds is 3. The fourth-order valence-corrected chi connectivity index (χ4v) is 4.00. The number of para-hydroxylation sites is 2. The van der Waals surface area contributed by atoms with Gasteiger partial charge in [-0.05, 0) is 49.4 Å². The van der Waals surface area contributed by atoms with Crippen LogP contribution < -0.4 is 0 Å². The Balaban J connectivity index is 1.35. The van der Waals surface area contributed by atoms with E-state index in [4.69, 9.17) is 0 Å². The van der Waals surface area contributed by atoms with E-state index < -0.39 is 0 Å². The van der Waals surface area contributed by atoms with Gasteiger partial charge in [-0.2, -0.15) is 5.10 Å². The van der Waals surface area contributed by atoms with E-state index in [2.05, 4.69) is 20.7 Å². The van der Waals surface area contributed by atoms with E-state index in [1.54, 1.807) is 29.9 Å². The number of benzene rings is 2. The zero-order chi connectivity index (χ0) is 20.1. The first-order valence-electron chi connectivity index (χ1n) is 9.54. The number of imidazole rings is 1. The van der Waals surface area contributed by atoms with Crippen LogP contribution in [0.15, 0.2) is 54.6 Å². The topological polar surface area (TPSA) is 56.0 Å². The molecule has 0 atom stereocenters. The van der Waals surface area contributed by atoms with Crippen molar-refractivity contribution < 1.29 is 9.18 Å². The van der Waals surface area contributed by atoms with Crippen molar-refractivity contribution in [2.24, 2.45) is 7.05 Å². The smallest absolute Gasteiger partial charge is 0.272 e. The molecule has 2 aromatic heterocycles. The van der Waals surface area contributed by atoms with Gasteiger partial charge in [0.05, 0.1) is 22.8 Å². The molecule has 6 nitrogen and oxygen atoms in total. The van der Waals surface area contributed by atoms with Crippen molar-refractivity contribution in [1.29, 1.82) is 0 Å².